The van der Waals surface area contributed by atoms with Gasteiger partial charge in [0.1, 0.15) is 5.82 Å². The first-order valence-electron chi connectivity index (χ1n) is 6.87. The van der Waals surface area contributed by atoms with E-state index in [-0.39, 0.29) is 0 Å². The van der Waals surface area contributed by atoms with Gasteiger partial charge in [0, 0.05) is 18.8 Å². The molecule has 0 saturated carbocycles. The summed E-state index contributed by atoms with van der Waals surface area (Å²) in [4.78, 5) is 6.85. The van der Waals surface area contributed by atoms with E-state index in [2.05, 4.69) is 22.1 Å². The molecular weight excluding hydrogens is 224 g/mol. The first-order valence-corrected chi connectivity index (χ1v) is 6.87. The molecule has 1 aliphatic heterocycles. The number of likely N-dealkylation sites (tertiary alicyclic amines) is 1. The molecular formula is C14H24N4. The number of nitrogens with two attached hydrogens (primary N) is 1. The lowest BCUT2D eigenvalue weighted by atomic mass is 10.1. The molecule has 3 N–H and O–H groups in total. The molecule has 1 aromatic heterocycles. The second kappa shape index (κ2) is 6.05. The number of aryl methyl sites for hydroxylation is 1. The van der Waals surface area contributed by atoms with Crippen molar-refractivity contribution in [2.75, 3.05) is 30.7 Å². The molecule has 1 saturated heterocycles. The Morgan fingerprint density at radius 2 is 2.11 bits per heavy atom. The Kier molecular flexibility index (Phi) is 4.42. The highest BCUT2D eigenvalue weighted by molar-refractivity contribution is 5.64. The van der Waals surface area contributed by atoms with Crippen molar-refractivity contribution in [1.29, 1.82) is 0 Å². The van der Waals surface area contributed by atoms with Crippen molar-refractivity contribution < 1.29 is 0 Å². The summed E-state index contributed by atoms with van der Waals surface area (Å²) in [6.45, 7) is 7.63. The van der Waals surface area contributed by atoms with Crippen molar-refractivity contribution in [1.82, 2.24) is 9.88 Å². The quantitative estimate of drug-likeness (QED) is 0.858. The third-order valence-corrected chi connectivity index (χ3v) is 3.79. The van der Waals surface area contributed by atoms with Gasteiger partial charge < -0.3 is 11.1 Å². The highest BCUT2D eigenvalue weighted by Gasteiger charge is 2.16. The van der Waals surface area contributed by atoms with Crippen molar-refractivity contribution in [3.05, 3.63) is 17.8 Å². The zero-order chi connectivity index (χ0) is 13.0. The van der Waals surface area contributed by atoms with Gasteiger partial charge in [-0.05, 0) is 51.4 Å². The molecule has 1 atom stereocenters. The number of rotatable bonds is 4. The van der Waals surface area contributed by atoms with Crippen LogP contribution in [0.3, 0.4) is 0 Å². The number of anilines is 2. The third kappa shape index (κ3) is 3.13. The molecule has 1 aromatic rings. The van der Waals surface area contributed by atoms with Crippen LogP contribution in [0, 0.1) is 6.92 Å². The van der Waals surface area contributed by atoms with Crippen LogP contribution in [0.15, 0.2) is 12.3 Å². The highest BCUT2D eigenvalue weighted by Crippen LogP contribution is 2.19. The van der Waals surface area contributed by atoms with Crippen LogP contribution >= 0.6 is 0 Å². The maximum atomic E-state index is 6.01. The molecule has 1 aliphatic rings. The van der Waals surface area contributed by atoms with Crippen LogP contribution in [0.4, 0.5) is 11.5 Å². The molecule has 100 valence electrons. The molecule has 4 heteroatoms. The van der Waals surface area contributed by atoms with Gasteiger partial charge in [0.05, 0.1) is 5.69 Å². The fourth-order valence-electron chi connectivity index (χ4n) is 2.44. The molecule has 0 aliphatic carbocycles. The minimum Gasteiger partial charge on any atom is -0.396 e. The molecule has 0 spiro atoms. The van der Waals surface area contributed by atoms with Crippen LogP contribution in [0.5, 0.6) is 0 Å². The van der Waals surface area contributed by atoms with E-state index in [0.29, 0.717) is 6.04 Å². The number of piperidine rings is 1. The van der Waals surface area contributed by atoms with Gasteiger partial charge in [-0.25, -0.2) is 4.98 Å². The summed E-state index contributed by atoms with van der Waals surface area (Å²) < 4.78 is 0. The Morgan fingerprint density at radius 3 is 2.83 bits per heavy atom. The zero-order valence-electron chi connectivity index (χ0n) is 11.4. The lowest BCUT2D eigenvalue weighted by Gasteiger charge is -2.32. The summed E-state index contributed by atoms with van der Waals surface area (Å²) in [5.74, 6) is 0.818. The molecule has 0 bridgehead atoms. The fourth-order valence-corrected chi connectivity index (χ4v) is 2.44. The largest absolute Gasteiger partial charge is 0.396 e. The monoisotopic (exact) mass is 248 g/mol. The predicted octanol–water partition coefficient (Wildman–Crippen LogP) is 2.26. The second-order valence-electron chi connectivity index (χ2n) is 5.22. The number of hydrogen-bond donors (Lipinski definition) is 2. The van der Waals surface area contributed by atoms with Gasteiger partial charge in [-0.1, -0.05) is 6.42 Å². The number of nitrogen functional groups attached to an aromatic ring is 1. The van der Waals surface area contributed by atoms with E-state index < -0.39 is 0 Å². The van der Waals surface area contributed by atoms with E-state index in [1.54, 1.807) is 6.20 Å². The average molecular weight is 248 g/mol. The van der Waals surface area contributed by atoms with Crippen molar-refractivity contribution in [2.45, 2.75) is 39.2 Å². The fraction of sp³-hybridized carbons (Fsp3) is 0.643. The molecule has 1 fully saturated rings. The van der Waals surface area contributed by atoms with E-state index >= 15 is 0 Å². The first kappa shape index (κ1) is 13.1. The number of aromatic nitrogens is 1. The van der Waals surface area contributed by atoms with Crippen LogP contribution in [-0.4, -0.2) is 35.6 Å². The van der Waals surface area contributed by atoms with Gasteiger partial charge in [0.25, 0.3) is 0 Å². The van der Waals surface area contributed by atoms with Gasteiger partial charge in [-0.15, -0.1) is 0 Å². The van der Waals surface area contributed by atoms with Crippen LogP contribution in [0.2, 0.25) is 0 Å². The van der Waals surface area contributed by atoms with E-state index in [1.165, 1.54) is 32.4 Å². The second-order valence-corrected chi connectivity index (χ2v) is 5.22. The van der Waals surface area contributed by atoms with E-state index in [4.69, 9.17) is 5.73 Å². The minimum atomic E-state index is 0.534. The lowest BCUT2D eigenvalue weighted by Crippen LogP contribution is -2.41. The number of hydrogen-bond acceptors (Lipinski definition) is 4. The first-order chi connectivity index (χ1) is 8.68. The summed E-state index contributed by atoms with van der Waals surface area (Å²) in [5, 5.41) is 3.37. The van der Waals surface area contributed by atoms with Gasteiger partial charge in [-0.2, -0.15) is 0 Å². The molecule has 1 unspecified atom stereocenters. The SMILES string of the molecule is Cc1ccnc(NCC(C)N2CCCCC2)c1N. The van der Waals surface area contributed by atoms with Crippen LogP contribution in [-0.2, 0) is 0 Å². The standard InChI is InChI=1S/C14H24N4/c1-11-6-7-16-14(13(11)15)17-10-12(2)18-8-4-3-5-9-18/h6-7,12H,3-5,8-10,15H2,1-2H3,(H,16,17). The van der Waals surface area contributed by atoms with Crippen molar-refractivity contribution in [3.63, 3.8) is 0 Å². The topological polar surface area (TPSA) is 54.2 Å². The van der Waals surface area contributed by atoms with Crippen LogP contribution in [0.1, 0.15) is 31.7 Å². The summed E-state index contributed by atoms with van der Waals surface area (Å²) in [5.41, 5.74) is 7.86. The minimum absolute atomic E-state index is 0.534. The predicted molar refractivity (Wildman–Crippen MR) is 76.8 cm³/mol. The van der Waals surface area contributed by atoms with Crippen molar-refractivity contribution >= 4 is 11.5 Å². The lowest BCUT2D eigenvalue weighted by molar-refractivity contribution is 0.180. The van der Waals surface area contributed by atoms with Gasteiger partial charge in [-0.3, -0.25) is 4.90 Å². The summed E-state index contributed by atoms with van der Waals surface area (Å²) in [6.07, 6.45) is 5.84. The number of nitrogens with zero attached hydrogens (tertiary/aromatic N) is 2. The molecule has 0 radical (unpaired) electrons. The average Bonchev–Trinajstić information content (AvgIpc) is 2.41. The van der Waals surface area contributed by atoms with E-state index in [1.807, 2.05) is 13.0 Å². The Hall–Kier alpha value is -1.29. The smallest absolute Gasteiger partial charge is 0.149 e. The number of pyridine rings is 1. The Morgan fingerprint density at radius 1 is 1.39 bits per heavy atom. The molecule has 0 aromatic carbocycles. The third-order valence-electron chi connectivity index (χ3n) is 3.79. The van der Waals surface area contributed by atoms with E-state index in [9.17, 15) is 0 Å². The summed E-state index contributed by atoms with van der Waals surface area (Å²) in [7, 11) is 0. The maximum absolute atomic E-state index is 6.01. The molecule has 2 rings (SSSR count). The Balaban J connectivity index is 1.88. The van der Waals surface area contributed by atoms with Crippen molar-refractivity contribution in [2.24, 2.45) is 0 Å². The van der Waals surface area contributed by atoms with Crippen LogP contribution in [0.25, 0.3) is 0 Å². The van der Waals surface area contributed by atoms with Gasteiger partial charge in [0.2, 0.25) is 0 Å². The van der Waals surface area contributed by atoms with Gasteiger partial charge in [0.15, 0.2) is 0 Å². The molecule has 0 amide bonds. The Labute approximate surface area is 110 Å². The summed E-state index contributed by atoms with van der Waals surface area (Å²) >= 11 is 0. The van der Waals surface area contributed by atoms with Gasteiger partial charge >= 0.3 is 0 Å². The molecule has 4 nitrogen and oxygen atoms in total. The van der Waals surface area contributed by atoms with E-state index in [0.717, 1.165) is 23.6 Å². The highest BCUT2D eigenvalue weighted by atomic mass is 15.2. The maximum Gasteiger partial charge on any atom is 0.149 e. The van der Waals surface area contributed by atoms with Crippen molar-refractivity contribution in [3.8, 4) is 0 Å². The zero-order valence-corrected chi connectivity index (χ0v) is 11.4. The normalized spacial score (nSPS) is 18.6. The van der Waals surface area contributed by atoms with Crippen LogP contribution < -0.4 is 11.1 Å². The molecule has 18 heavy (non-hydrogen) atoms. The summed E-state index contributed by atoms with van der Waals surface area (Å²) in [6, 6.07) is 2.47. The Bertz CT molecular complexity index is 385. The molecule has 2 heterocycles. The number of nitrogens with one attached hydrogen (secondary N) is 1.